The van der Waals surface area contributed by atoms with Crippen molar-refractivity contribution in [1.82, 2.24) is 0 Å². The Kier molecular flexibility index (Phi) is 8.11. The van der Waals surface area contributed by atoms with Gasteiger partial charge >= 0.3 is 5.97 Å². The molecule has 7 atom stereocenters. The van der Waals surface area contributed by atoms with Gasteiger partial charge in [0.05, 0.1) is 17.8 Å². The zero-order valence-corrected chi connectivity index (χ0v) is 23.0. The Morgan fingerprint density at radius 2 is 1.87 bits per heavy atom. The van der Waals surface area contributed by atoms with E-state index in [0.29, 0.717) is 42.1 Å². The van der Waals surface area contributed by atoms with Crippen molar-refractivity contribution in [3.05, 3.63) is 83.5 Å². The minimum atomic E-state index is -0.644. The SMILES string of the molecule is C=C1C(=CC=C2CCC[C@]3(C)[C@@H]([C@H](C)C=C[C@@H](OC(=O)c4ccccc4)C4CC4)CC[C@@H]23)C[C@@H](O)C[C@@H]1O. The number of carbonyl (C=O) groups excluding carboxylic acids is 1. The molecule has 4 nitrogen and oxygen atoms in total. The lowest BCUT2D eigenvalue weighted by molar-refractivity contribution is 0.0353. The Balaban J connectivity index is 1.27. The van der Waals surface area contributed by atoms with Gasteiger partial charge in [0.15, 0.2) is 0 Å². The minimum absolute atomic E-state index is 0.141. The summed E-state index contributed by atoms with van der Waals surface area (Å²) < 4.78 is 5.95. The van der Waals surface area contributed by atoms with Gasteiger partial charge in [0.1, 0.15) is 6.10 Å². The second-order valence-electron chi connectivity index (χ2n) is 12.5. The predicted octanol–water partition coefficient (Wildman–Crippen LogP) is 6.96. The van der Waals surface area contributed by atoms with E-state index >= 15 is 0 Å². The average Bonchev–Trinajstić information content (AvgIpc) is 3.69. The summed E-state index contributed by atoms with van der Waals surface area (Å²) in [6.45, 7) is 8.91. The Hall–Kier alpha value is -2.43. The standard InChI is InChI=1S/C34H44O4/c1-22(11-18-32(25-13-14-25)38-33(37)26-8-5-4-6-9-26)29-16-17-30-24(10-7-19-34(29,30)3)12-15-27-20-28(35)21-31(36)23(27)2/h4-6,8-9,11-12,15,18,22,25,28-32,35-36H,2,7,10,13-14,16-17,19-21H2,1,3H3/t22-,28-,29-,30+,31+,32-,34-/m1/s1. The number of aliphatic hydroxyl groups excluding tert-OH is 2. The Morgan fingerprint density at radius 3 is 2.61 bits per heavy atom. The molecule has 0 spiro atoms. The molecule has 5 rings (SSSR count). The maximum absolute atomic E-state index is 12.7. The van der Waals surface area contributed by atoms with Gasteiger partial charge in [0, 0.05) is 6.42 Å². The van der Waals surface area contributed by atoms with Gasteiger partial charge < -0.3 is 14.9 Å². The Labute approximate surface area is 228 Å². The molecule has 0 bridgehead atoms. The van der Waals surface area contributed by atoms with Crippen LogP contribution in [0.5, 0.6) is 0 Å². The molecule has 0 radical (unpaired) electrons. The lowest BCUT2D eigenvalue weighted by Crippen LogP contribution is -2.35. The monoisotopic (exact) mass is 516 g/mol. The number of hydrogen-bond acceptors (Lipinski definition) is 4. The van der Waals surface area contributed by atoms with Gasteiger partial charge in [-0.2, -0.15) is 0 Å². The van der Waals surface area contributed by atoms with Crippen molar-refractivity contribution in [3.8, 4) is 0 Å². The molecule has 4 fully saturated rings. The van der Waals surface area contributed by atoms with E-state index < -0.39 is 12.2 Å². The number of esters is 1. The van der Waals surface area contributed by atoms with Gasteiger partial charge in [-0.05, 0) is 110 Å². The highest BCUT2D eigenvalue weighted by molar-refractivity contribution is 5.89. The molecular formula is C34H44O4. The molecule has 0 heterocycles. The maximum atomic E-state index is 12.7. The minimum Gasteiger partial charge on any atom is -0.454 e. The first-order chi connectivity index (χ1) is 18.3. The molecule has 4 aliphatic carbocycles. The molecular weight excluding hydrogens is 472 g/mol. The van der Waals surface area contributed by atoms with E-state index in [0.717, 1.165) is 30.4 Å². The summed E-state index contributed by atoms with van der Waals surface area (Å²) in [4.78, 5) is 12.7. The molecule has 1 aromatic rings. The smallest absolute Gasteiger partial charge is 0.338 e. The summed E-state index contributed by atoms with van der Waals surface area (Å²) >= 11 is 0. The third-order valence-electron chi connectivity index (χ3n) is 9.88. The van der Waals surface area contributed by atoms with Crippen LogP contribution in [0.1, 0.15) is 82.0 Å². The quantitative estimate of drug-likeness (QED) is 0.304. The van der Waals surface area contributed by atoms with Crippen molar-refractivity contribution in [3.63, 3.8) is 0 Å². The van der Waals surface area contributed by atoms with Crippen molar-refractivity contribution >= 4 is 5.97 Å². The van der Waals surface area contributed by atoms with E-state index in [1.54, 1.807) is 0 Å². The van der Waals surface area contributed by atoms with Crippen LogP contribution in [0.15, 0.2) is 77.9 Å². The summed E-state index contributed by atoms with van der Waals surface area (Å²) in [5.41, 5.74) is 4.12. The molecule has 4 aliphatic rings. The fourth-order valence-corrected chi connectivity index (χ4v) is 7.51. The Morgan fingerprint density at radius 1 is 1.11 bits per heavy atom. The first-order valence-corrected chi connectivity index (χ1v) is 14.7. The van der Waals surface area contributed by atoms with Crippen LogP contribution < -0.4 is 0 Å². The number of benzene rings is 1. The summed E-state index contributed by atoms with van der Waals surface area (Å²) in [7, 11) is 0. The van der Waals surface area contributed by atoms with Crippen molar-refractivity contribution in [2.24, 2.45) is 29.1 Å². The summed E-state index contributed by atoms with van der Waals surface area (Å²) in [5.74, 6) is 1.79. The van der Waals surface area contributed by atoms with Gasteiger partial charge in [0.25, 0.3) is 0 Å². The second kappa shape index (κ2) is 11.4. The fourth-order valence-electron chi connectivity index (χ4n) is 7.51. The molecule has 0 aromatic heterocycles. The van der Waals surface area contributed by atoms with E-state index in [2.05, 4.69) is 44.7 Å². The molecule has 1 aromatic carbocycles. The van der Waals surface area contributed by atoms with E-state index in [9.17, 15) is 15.0 Å². The molecule has 0 amide bonds. The van der Waals surface area contributed by atoms with Crippen LogP contribution in [0, 0.1) is 29.1 Å². The normalized spacial score (nSPS) is 35.4. The van der Waals surface area contributed by atoms with E-state index in [1.807, 2.05) is 30.3 Å². The van der Waals surface area contributed by atoms with E-state index in [1.165, 1.54) is 31.3 Å². The third kappa shape index (κ3) is 5.77. The van der Waals surface area contributed by atoms with Gasteiger partial charge in [-0.25, -0.2) is 4.79 Å². The largest absolute Gasteiger partial charge is 0.454 e. The number of aliphatic hydroxyl groups is 2. The molecule has 0 unspecified atom stereocenters. The molecule has 0 saturated heterocycles. The molecule has 4 heteroatoms. The first kappa shape index (κ1) is 27.1. The first-order valence-electron chi connectivity index (χ1n) is 14.7. The van der Waals surface area contributed by atoms with Crippen molar-refractivity contribution < 1.29 is 19.7 Å². The van der Waals surface area contributed by atoms with Crippen LogP contribution in [0.4, 0.5) is 0 Å². The number of rotatable bonds is 7. The van der Waals surface area contributed by atoms with Gasteiger partial charge in [-0.1, -0.05) is 62.4 Å². The van der Waals surface area contributed by atoms with Crippen molar-refractivity contribution in [2.45, 2.75) is 89.9 Å². The lowest BCUT2D eigenvalue weighted by atomic mass is 9.61. The molecule has 4 saturated carbocycles. The fraction of sp³-hybridized carbons (Fsp3) is 0.559. The molecule has 2 N–H and O–H groups in total. The van der Waals surface area contributed by atoms with Crippen LogP contribution in [0.25, 0.3) is 0 Å². The third-order valence-corrected chi connectivity index (χ3v) is 9.88. The molecule has 38 heavy (non-hydrogen) atoms. The zero-order chi connectivity index (χ0) is 26.9. The Bertz CT molecular complexity index is 1110. The van der Waals surface area contributed by atoms with Crippen LogP contribution in [-0.2, 0) is 4.74 Å². The topological polar surface area (TPSA) is 66.8 Å². The van der Waals surface area contributed by atoms with Crippen molar-refractivity contribution in [2.75, 3.05) is 0 Å². The van der Waals surface area contributed by atoms with Crippen LogP contribution in [-0.4, -0.2) is 34.5 Å². The molecule has 204 valence electrons. The highest BCUT2D eigenvalue weighted by atomic mass is 16.5. The lowest BCUT2D eigenvalue weighted by Gasteiger charge is -2.44. The van der Waals surface area contributed by atoms with E-state index in [4.69, 9.17) is 4.74 Å². The number of ether oxygens (including phenoxy) is 1. The van der Waals surface area contributed by atoms with Crippen LogP contribution >= 0.6 is 0 Å². The number of allylic oxidation sites excluding steroid dienone is 4. The number of fused-ring (bicyclic) bond motifs is 1. The highest BCUT2D eigenvalue weighted by Crippen LogP contribution is 2.59. The van der Waals surface area contributed by atoms with Gasteiger partial charge in [-0.15, -0.1) is 0 Å². The van der Waals surface area contributed by atoms with Crippen LogP contribution in [0.2, 0.25) is 0 Å². The van der Waals surface area contributed by atoms with E-state index in [-0.39, 0.29) is 17.5 Å². The maximum Gasteiger partial charge on any atom is 0.338 e. The summed E-state index contributed by atoms with van der Waals surface area (Å²) in [6, 6.07) is 9.29. The second-order valence-corrected chi connectivity index (χ2v) is 12.5. The summed E-state index contributed by atoms with van der Waals surface area (Å²) in [5, 5.41) is 20.4. The van der Waals surface area contributed by atoms with Crippen molar-refractivity contribution in [1.29, 1.82) is 0 Å². The number of hydrogen-bond donors (Lipinski definition) is 2. The highest BCUT2D eigenvalue weighted by Gasteiger charge is 2.50. The van der Waals surface area contributed by atoms with Crippen LogP contribution in [0.3, 0.4) is 0 Å². The predicted molar refractivity (Wildman–Crippen MR) is 151 cm³/mol. The average molecular weight is 517 g/mol. The van der Waals surface area contributed by atoms with Gasteiger partial charge in [-0.3, -0.25) is 0 Å². The van der Waals surface area contributed by atoms with Gasteiger partial charge in [0.2, 0.25) is 0 Å². The number of carbonyl (C=O) groups is 1. The zero-order valence-electron chi connectivity index (χ0n) is 23.0. The molecule has 0 aliphatic heterocycles. The summed E-state index contributed by atoms with van der Waals surface area (Å²) in [6.07, 6.45) is 16.8.